The van der Waals surface area contributed by atoms with E-state index >= 15 is 0 Å². The molecule has 1 spiro atoms. The Hall–Kier alpha value is -3.33. The van der Waals surface area contributed by atoms with Crippen molar-refractivity contribution in [1.82, 2.24) is 0 Å². The predicted molar refractivity (Wildman–Crippen MR) is 249 cm³/mol. The van der Waals surface area contributed by atoms with Gasteiger partial charge in [0, 0.05) is 26.2 Å². The molecule has 11 unspecified atom stereocenters. The molecule has 1 aromatic carbocycles. The lowest BCUT2D eigenvalue weighted by Gasteiger charge is -2.60. The molecule has 0 N–H and O–H groups in total. The number of allylic oxidation sites excluding steroid dienone is 17. The Labute approximate surface area is 356 Å². The van der Waals surface area contributed by atoms with E-state index in [1.165, 1.54) is 99.3 Å². The number of hydrogen-bond donors (Lipinski definition) is 0. The second-order valence-corrected chi connectivity index (χ2v) is 22.2. The SMILES string of the molecule is C=C(C1=CCCc2sc3c(c21)CCCC3)[C@@H](C1=CC2C(CC1)C1C=C3C=CCCC3CC1C21C2C=CC=CC2SC2C=CCCC21)C1C=CC(c2ccccc2)=CC1. The molecule has 2 fully saturated rings. The first-order chi connectivity index (χ1) is 28.7. The number of rotatable bonds is 5. The highest BCUT2D eigenvalue weighted by Gasteiger charge is 2.69. The third-order valence-electron chi connectivity index (χ3n) is 17.2. The van der Waals surface area contributed by atoms with Crippen molar-refractivity contribution in [3.05, 3.63) is 165 Å². The van der Waals surface area contributed by atoms with Crippen LogP contribution >= 0.6 is 23.1 Å². The van der Waals surface area contributed by atoms with Gasteiger partial charge in [0.1, 0.15) is 0 Å². The maximum absolute atomic E-state index is 5.27. The van der Waals surface area contributed by atoms with Crippen molar-refractivity contribution in [2.45, 2.75) is 100 Å². The summed E-state index contributed by atoms with van der Waals surface area (Å²) in [6.07, 6.45) is 54.5. The molecule has 1 aliphatic heterocycles. The molecule has 0 radical (unpaired) electrons. The van der Waals surface area contributed by atoms with Crippen LogP contribution in [0.25, 0.3) is 11.1 Å². The fourth-order valence-electron chi connectivity index (χ4n) is 15.0. The molecule has 1 saturated carbocycles. The summed E-state index contributed by atoms with van der Waals surface area (Å²) < 4.78 is 0. The average molecular weight is 797 g/mol. The Morgan fingerprint density at radius 1 is 0.759 bits per heavy atom. The van der Waals surface area contributed by atoms with Crippen LogP contribution in [-0.4, -0.2) is 10.5 Å². The molecule has 12 atom stereocenters. The van der Waals surface area contributed by atoms with Gasteiger partial charge in [0.2, 0.25) is 0 Å². The number of aryl methyl sites for hydroxylation is 2. The van der Waals surface area contributed by atoms with E-state index in [0.29, 0.717) is 40.1 Å². The Kier molecular flexibility index (Phi) is 9.25. The normalized spacial score (nSPS) is 38.1. The molecule has 58 heavy (non-hydrogen) atoms. The average Bonchev–Trinajstić information content (AvgIpc) is 3.80. The van der Waals surface area contributed by atoms with Crippen molar-refractivity contribution in [1.29, 1.82) is 0 Å². The lowest BCUT2D eigenvalue weighted by Crippen LogP contribution is -2.57. The molecule has 0 amide bonds. The molecule has 2 aromatic rings. The minimum atomic E-state index is 0.287. The van der Waals surface area contributed by atoms with Gasteiger partial charge in [0.05, 0.1) is 0 Å². The highest BCUT2D eigenvalue weighted by atomic mass is 32.2. The van der Waals surface area contributed by atoms with Crippen molar-refractivity contribution in [3.8, 4) is 0 Å². The van der Waals surface area contributed by atoms with Gasteiger partial charge in [0.15, 0.2) is 0 Å². The highest BCUT2D eigenvalue weighted by Crippen LogP contribution is 2.74. The van der Waals surface area contributed by atoms with E-state index < -0.39 is 0 Å². The lowest BCUT2D eigenvalue weighted by molar-refractivity contribution is -0.0126. The largest absolute Gasteiger partial charge is 0.146 e. The number of hydrogen-bond acceptors (Lipinski definition) is 2. The summed E-state index contributed by atoms with van der Waals surface area (Å²) in [5, 5.41) is 1.21. The zero-order valence-corrected chi connectivity index (χ0v) is 35.9. The molecule has 2 heteroatoms. The smallest absolute Gasteiger partial charge is 0.0304 e. The van der Waals surface area contributed by atoms with Crippen LogP contribution in [0.3, 0.4) is 0 Å². The zero-order chi connectivity index (χ0) is 38.4. The van der Waals surface area contributed by atoms with Crippen molar-refractivity contribution < 1.29 is 0 Å². The molecule has 0 bridgehead atoms. The summed E-state index contributed by atoms with van der Waals surface area (Å²) in [6.45, 7) is 5.27. The number of fused-ring (bicyclic) bond motifs is 13. The van der Waals surface area contributed by atoms with Crippen LogP contribution in [0, 0.1) is 58.7 Å². The first-order valence-corrected chi connectivity index (χ1v) is 25.2. The van der Waals surface area contributed by atoms with Crippen molar-refractivity contribution in [2.75, 3.05) is 0 Å². The van der Waals surface area contributed by atoms with Gasteiger partial charge >= 0.3 is 0 Å². The van der Waals surface area contributed by atoms with E-state index in [9.17, 15) is 0 Å². The van der Waals surface area contributed by atoms with Crippen molar-refractivity contribution in [2.24, 2.45) is 58.7 Å². The molecule has 10 aliphatic rings. The number of thioether (sulfide) groups is 1. The Bertz CT molecular complexity index is 2280. The van der Waals surface area contributed by atoms with Crippen LogP contribution < -0.4 is 0 Å². The van der Waals surface area contributed by atoms with Gasteiger partial charge in [0.25, 0.3) is 0 Å². The molecule has 9 aliphatic carbocycles. The standard InChI is InChI=1S/C56H60S2/c1-35(42-19-13-25-53-55(42)44-18-7-10-22-50(44)57-53)54(38-28-26-37(27-29-38)36-14-3-2-4-15-36)41-30-31-43-45-32-39-16-5-6-17-40(39)33-49(45)56(48(43)34-41)46-20-8-11-23-51(46)58-52-24-12-9-21-47(52)56/h2-5,8,11-12,14-16,19-20,23-24,26-28,32,34,38,40,43,45-49,51-52,54H,1,6-7,9-10,13,17-18,21-22,25,29-31,33H2/t38?,40?,43?,45?,46?,47?,48?,49?,51?,52?,54-,56?/m1/s1. The summed E-state index contributed by atoms with van der Waals surface area (Å²) in [5.74, 6) is 5.65. The summed E-state index contributed by atoms with van der Waals surface area (Å²) in [7, 11) is 0. The third-order valence-corrected chi connectivity index (χ3v) is 20.1. The van der Waals surface area contributed by atoms with E-state index in [1.54, 1.807) is 32.0 Å². The summed E-state index contributed by atoms with van der Waals surface area (Å²) in [6, 6.07) is 11.1. The van der Waals surface area contributed by atoms with Crippen LogP contribution in [0.5, 0.6) is 0 Å². The van der Waals surface area contributed by atoms with Crippen LogP contribution in [0.2, 0.25) is 0 Å². The minimum absolute atomic E-state index is 0.287. The van der Waals surface area contributed by atoms with Gasteiger partial charge < -0.3 is 0 Å². The molecule has 2 heterocycles. The number of thiophene rings is 1. The minimum Gasteiger partial charge on any atom is -0.146 e. The van der Waals surface area contributed by atoms with E-state index in [2.05, 4.69) is 138 Å². The first-order valence-electron chi connectivity index (χ1n) is 23.4. The molecular weight excluding hydrogens is 737 g/mol. The third kappa shape index (κ3) is 5.66. The van der Waals surface area contributed by atoms with Crippen LogP contribution in [0.4, 0.5) is 0 Å². The van der Waals surface area contributed by atoms with E-state index in [1.807, 2.05) is 0 Å². The highest BCUT2D eigenvalue weighted by molar-refractivity contribution is 8.00. The Morgan fingerprint density at radius 3 is 2.57 bits per heavy atom. The zero-order valence-electron chi connectivity index (χ0n) is 34.2. The van der Waals surface area contributed by atoms with Crippen molar-refractivity contribution >= 4 is 34.2 Å². The first kappa shape index (κ1) is 36.5. The summed E-state index contributed by atoms with van der Waals surface area (Å²) in [5.41, 5.74) is 12.7. The molecule has 1 saturated heterocycles. The molecule has 12 rings (SSSR count). The van der Waals surface area contributed by atoms with Crippen LogP contribution in [-0.2, 0) is 19.3 Å². The van der Waals surface area contributed by atoms with Crippen LogP contribution in [0.1, 0.15) is 97.1 Å². The molecule has 1 aromatic heterocycles. The quantitative estimate of drug-likeness (QED) is 0.272. The van der Waals surface area contributed by atoms with Gasteiger partial charge in [-0.3, -0.25) is 0 Å². The van der Waals surface area contributed by atoms with E-state index in [0.717, 1.165) is 36.5 Å². The topological polar surface area (TPSA) is 0 Å². The Morgan fingerprint density at radius 2 is 1.66 bits per heavy atom. The number of benzene rings is 1. The fourth-order valence-corrected chi connectivity index (χ4v) is 18.2. The second-order valence-electron chi connectivity index (χ2n) is 19.7. The van der Waals surface area contributed by atoms with E-state index in [-0.39, 0.29) is 5.41 Å². The molecule has 0 nitrogen and oxygen atoms in total. The molecule has 296 valence electrons. The predicted octanol–water partition coefficient (Wildman–Crippen LogP) is 14.5. The van der Waals surface area contributed by atoms with Crippen LogP contribution in [0.15, 0.2) is 139 Å². The van der Waals surface area contributed by atoms with Crippen molar-refractivity contribution in [3.63, 3.8) is 0 Å². The summed E-state index contributed by atoms with van der Waals surface area (Å²) >= 11 is 4.47. The summed E-state index contributed by atoms with van der Waals surface area (Å²) in [4.78, 5) is 3.35. The monoisotopic (exact) mass is 796 g/mol. The van der Waals surface area contributed by atoms with Gasteiger partial charge in [-0.05, 0) is 182 Å². The van der Waals surface area contributed by atoms with E-state index in [4.69, 9.17) is 6.58 Å². The maximum Gasteiger partial charge on any atom is 0.0304 e. The Balaban J connectivity index is 1.00. The lowest BCUT2D eigenvalue weighted by atomic mass is 9.49. The maximum atomic E-state index is 5.27. The fraction of sp³-hybridized carbons (Fsp3) is 0.464. The second kappa shape index (κ2) is 14.7. The molecular formula is C56H60S2. The van der Waals surface area contributed by atoms with Gasteiger partial charge in [-0.2, -0.15) is 0 Å². The van der Waals surface area contributed by atoms with Gasteiger partial charge in [-0.15, -0.1) is 23.1 Å². The van der Waals surface area contributed by atoms with Gasteiger partial charge in [-0.25, -0.2) is 0 Å². The van der Waals surface area contributed by atoms with Gasteiger partial charge in [-0.1, -0.05) is 128 Å².